The monoisotopic (exact) mass is 340 g/mol. The van der Waals surface area contributed by atoms with Gasteiger partial charge in [0.15, 0.2) is 0 Å². The Morgan fingerprint density at radius 1 is 1.28 bits per heavy atom. The molecule has 0 saturated carbocycles. The van der Waals surface area contributed by atoms with E-state index in [9.17, 15) is 5.11 Å². The van der Waals surface area contributed by atoms with E-state index in [-0.39, 0.29) is 12.6 Å². The highest BCUT2D eigenvalue weighted by molar-refractivity contribution is 5.69. The third kappa shape index (κ3) is 4.06. The zero-order valence-electron chi connectivity index (χ0n) is 14.6. The van der Waals surface area contributed by atoms with Gasteiger partial charge in [-0.15, -0.1) is 0 Å². The van der Waals surface area contributed by atoms with Crippen LogP contribution in [0.2, 0.25) is 0 Å². The van der Waals surface area contributed by atoms with Gasteiger partial charge in [0, 0.05) is 31.0 Å². The van der Waals surface area contributed by atoms with Crippen molar-refractivity contribution in [2.75, 3.05) is 23.8 Å². The van der Waals surface area contributed by atoms with Crippen LogP contribution in [0.1, 0.15) is 31.4 Å². The molecule has 0 unspecified atom stereocenters. The first-order chi connectivity index (χ1) is 12.2. The van der Waals surface area contributed by atoms with Crippen LogP contribution in [0.15, 0.2) is 30.9 Å². The summed E-state index contributed by atoms with van der Waals surface area (Å²) in [5, 5.41) is 16.1. The Kier molecular flexibility index (Phi) is 5.45. The van der Waals surface area contributed by atoms with Crippen LogP contribution in [0.4, 0.5) is 17.5 Å². The minimum Gasteiger partial charge on any atom is -0.394 e. The van der Waals surface area contributed by atoms with Gasteiger partial charge in [-0.2, -0.15) is 0 Å². The van der Waals surface area contributed by atoms with E-state index in [2.05, 4.69) is 44.7 Å². The van der Waals surface area contributed by atoms with Crippen LogP contribution < -0.4 is 10.6 Å². The van der Waals surface area contributed by atoms with E-state index >= 15 is 0 Å². The number of hydrogen-bond donors (Lipinski definition) is 3. The minimum atomic E-state index is -0.0238. The molecule has 7 nitrogen and oxygen atoms in total. The Morgan fingerprint density at radius 3 is 2.84 bits per heavy atom. The fraction of sp³-hybridized carbons (Fsp3) is 0.389. The second-order valence-electron chi connectivity index (χ2n) is 5.95. The van der Waals surface area contributed by atoms with Crippen molar-refractivity contribution >= 4 is 23.5 Å². The number of rotatable bonds is 7. The molecule has 0 aliphatic carbocycles. The van der Waals surface area contributed by atoms with Crippen molar-refractivity contribution in [3.05, 3.63) is 42.0 Å². The molecule has 0 amide bonds. The molecular formula is C18H24N6O. The maximum Gasteiger partial charge on any atom is 0.150 e. The van der Waals surface area contributed by atoms with E-state index in [0.29, 0.717) is 11.6 Å². The van der Waals surface area contributed by atoms with E-state index in [4.69, 9.17) is 4.98 Å². The number of hydrogen-bond acceptors (Lipinski definition) is 7. The molecule has 1 aliphatic rings. The molecule has 25 heavy (non-hydrogen) atoms. The molecule has 1 aliphatic heterocycles. The van der Waals surface area contributed by atoms with Crippen molar-refractivity contribution < 1.29 is 5.11 Å². The number of anilines is 3. The lowest BCUT2D eigenvalue weighted by atomic mass is 10.0. The van der Waals surface area contributed by atoms with Crippen LogP contribution in [0.3, 0.4) is 0 Å². The van der Waals surface area contributed by atoms with E-state index in [0.717, 1.165) is 36.5 Å². The molecule has 1 atom stereocenters. The van der Waals surface area contributed by atoms with Gasteiger partial charge in [0.25, 0.3) is 0 Å². The summed E-state index contributed by atoms with van der Waals surface area (Å²) in [6.45, 7) is 5.97. The third-order valence-corrected chi connectivity index (χ3v) is 4.26. The largest absolute Gasteiger partial charge is 0.394 e. The molecule has 0 spiro atoms. The van der Waals surface area contributed by atoms with Gasteiger partial charge in [0.2, 0.25) is 0 Å². The number of nitrogens with one attached hydrogen (secondary N) is 2. The lowest BCUT2D eigenvalue weighted by Gasteiger charge is -2.27. The number of aliphatic hydroxyl groups excluding tert-OH is 1. The lowest BCUT2D eigenvalue weighted by Crippen LogP contribution is -2.27. The van der Waals surface area contributed by atoms with Crippen molar-refractivity contribution in [2.24, 2.45) is 0 Å². The van der Waals surface area contributed by atoms with E-state index < -0.39 is 0 Å². The standard InChI is InChI=1S/C18H24N6O/c1-3-14(12-25)21-18-15-11-24(4-2)8-5-13(15)9-16(23-18)22-17-10-19-6-7-20-17/h5-10,14,25H,3-4,11-12H2,1-2H3,(H2,20,21,22,23)/t14-/m1/s1. The predicted molar refractivity (Wildman–Crippen MR) is 99.5 cm³/mol. The van der Waals surface area contributed by atoms with Gasteiger partial charge in [-0.1, -0.05) is 6.92 Å². The Morgan fingerprint density at radius 2 is 2.16 bits per heavy atom. The highest BCUT2D eigenvalue weighted by Gasteiger charge is 2.18. The zero-order valence-corrected chi connectivity index (χ0v) is 14.6. The first-order valence-corrected chi connectivity index (χ1v) is 8.60. The van der Waals surface area contributed by atoms with Crippen molar-refractivity contribution in [2.45, 2.75) is 32.9 Å². The normalized spacial score (nSPS) is 14.1. The molecule has 0 radical (unpaired) electrons. The van der Waals surface area contributed by atoms with Gasteiger partial charge in [-0.3, -0.25) is 4.98 Å². The molecule has 3 N–H and O–H groups in total. The van der Waals surface area contributed by atoms with Crippen LogP contribution in [-0.2, 0) is 6.54 Å². The molecular weight excluding hydrogens is 316 g/mol. The molecule has 2 aromatic rings. The van der Waals surface area contributed by atoms with E-state index in [1.54, 1.807) is 18.6 Å². The molecule has 132 valence electrons. The minimum absolute atomic E-state index is 0.0238. The molecule has 0 aromatic carbocycles. The molecule has 0 bridgehead atoms. The number of pyridine rings is 1. The maximum atomic E-state index is 9.55. The van der Waals surface area contributed by atoms with Gasteiger partial charge in [0.05, 0.1) is 18.8 Å². The Bertz CT molecular complexity index is 730. The van der Waals surface area contributed by atoms with Crippen LogP contribution in [0.25, 0.3) is 6.08 Å². The van der Waals surface area contributed by atoms with E-state index in [1.807, 2.05) is 13.0 Å². The molecule has 3 rings (SSSR count). The van der Waals surface area contributed by atoms with Crippen LogP contribution in [-0.4, -0.2) is 44.2 Å². The number of nitrogens with zero attached hydrogens (tertiary/aromatic N) is 4. The Labute approximate surface area is 147 Å². The van der Waals surface area contributed by atoms with Gasteiger partial charge in [0.1, 0.15) is 17.5 Å². The highest BCUT2D eigenvalue weighted by Crippen LogP contribution is 2.29. The predicted octanol–water partition coefficient (Wildman–Crippen LogP) is 2.60. The second-order valence-corrected chi connectivity index (χ2v) is 5.95. The van der Waals surface area contributed by atoms with Gasteiger partial charge in [-0.05, 0) is 37.3 Å². The fourth-order valence-corrected chi connectivity index (χ4v) is 2.71. The first kappa shape index (κ1) is 17.2. The molecule has 7 heteroatoms. The highest BCUT2D eigenvalue weighted by atomic mass is 16.3. The SMILES string of the molecule is CC[C@H](CO)Nc1nc(Nc2cnccn2)cc2c1CN(CC)C=C2. The van der Waals surface area contributed by atoms with Gasteiger partial charge >= 0.3 is 0 Å². The molecule has 2 aromatic heterocycles. The van der Waals surface area contributed by atoms with Crippen LogP contribution in [0, 0.1) is 0 Å². The molecule has 0 fully saturated rings. The molecule has 0 saturated heterocycles. The number of fused-ring (bicyclic) bond motifs is 1. The third-order valence-electron chi connectivity index (χ3n) is 4.26. The topological polar surface area (TPSA) is 86.2 Å². The Hall–Kier alpha value is -2.67. The summed E-state index contributed by atoms with van der Waals surface area (Å²) in [6.07, 6.45) is 9.94. The lowest BCUT2D eigenvalue weighted by molar-refractivity contribution is 0.271. The van der Waals surface area contributed by atoms with Crippen molar-refractivity contribution in [3.63, 3.8) is 0 Å². The maximum absolute atomic E-state index is 9.55. The average Bonchev–Trinajstić information content (AvgIpc) is 2.66. The zero-order chi connectivity index (χ0) is 17.6. The number of aromatic nitrogens is 3. The first-order valence-electron chi connectivity index (χ1n) is 8.60. The van der Waals surface area contributed by atoms with Crippen LogP contribution in [0.5, 0.6) is 0 Å². The summed E-state index contributed by atoms with van der Waals surface area (Å²) < 4.78 is 0. The van der Waals surface area contributed by atoms with Crippen molar-refractivity contribution in [1.82, 2.24) is 19.9 Å². The fourth-order valence-electron chi connectivity index (χ4n) is 2.71. The van der Waals surface area contributed by atoms with Gasteiger partial charge < -0.3 is 20.6 Å². The van der Waals surface area contributed by atoms with E-state index in [1.165, 1.54) is 0 Å². The van der Waals surface area contributed by atoms with Crippen molar-refractivity contribution in [1.29, 1.82) is 0 Å². The summed E-state index contributed by atoms with van der Waals surface area (Å²) in [5.41, 5.74) is 2.25. The van der Waals surface area contributed by atoms with Crippen LogP contribution >= 0.6 is 0 Å². The second kappa shape index (κ2) is 7.94. The van der Waals surface area contributed by atoms with Crippen molar-refractivity contribution in [3.8, 4) is 0 Å². The molecule has 3 heterocycles. The Balaban J connectivity index is 1.95. The number of aliphatic hydroxyl groups is 1. The summed E-state index contributed by atoms with van der Waals surface area (Å²) in [6, 6.07) is 1.99. The summed E-state index contributed by atoms with van der Waals surface area (Å²) in [5.74, 6) is 2.14. The summed E-state index contributed by atoms with van der Waals surface area (Å²) >= 11 is 0. The van der Waals surface area contributed by atoms with Gasteiger partial charge in [-0.25, -0.2) is 9.97 Å². The quantitative estimate of drug-likeness (QED) is 0.714. The summed E-state index contributed by atoms with van der Waals surface area (Å²) in [4.78, 5) is 15.2. The summed E-state index contributed by atoms with van der Waals surface area (Å²) in [7, 11) is 0. The average molecular weight is 340 g/mol. The smallest absolute Gasteiger partial charge is 0.150 e.